The summed E-state index contributed by atoms with van der Waals surface area (Å²) < 4.78 is 0. The summed E-state index contributed by atoms with van der Waals surface area (Å²) in [5.74, 6) is 0.585. The number of primary amides is 1. The van der Waals surface area contributed by atoms with E-state index in [1.807, 2.05) is 0 Å². The van der Waals surface area contributed by atoms with Crippen LogP contribution in [-0.4, -0.2) is 18.5 Å². The molecule has 0 spiro atoms. The fraction of sp³-hybridized carbons (Fsp3) is 0.923. The molecule has 2 unspecified atom stereocenters. The topological polar surface area (TPSA) is 55.1 Å². The molecular weight excluding hydrogens is 200 g/mol. The molecule has 0 radical (unpaired) electrons. The molecule has 1 amide bonds. The van der Waals surface area contributed by atoms with Crippen LogP contribution >= 0.6 is 0 Å². The average molecular weight is 226 g/mol. The maximum absolute atomic E-state index is 10.6. The molecule has 1 fully saturated rings. The summed E-state index contributed by atoms with van der Waals surface area (Å²) in [4.78, 5) is 10.6. The van der Waals surface area contributed by atoms with Crippen molar-refractivity contribution in [2.75, 3.05) is 6.54 Å². The molecule has 94 valence electrons. The molecule has 0 aromatic rings. The molecule has 1 aliphatic carbocycles. The number of nitrogens with one attached hydrogen (secondary N) is 1. The maximum Gasteiger partial charge on any atom is 0.217 e. The Kier molecular flexibility index (Phi) is 4.78. The van der Waals surface area contributed by atoms with Gasteiger partial charge in [-0.3, -0.25) is 4.79 Å². The molecule has 0 aromatic heterocycles. The van der Waals surface area contributed by atoms with Crippen molar-refractivity contribution >= 4 is 5.91 Å². The van der Waals surface area contributed by atoms with E-state index >= 15 is 0 Å². The molecule has 0 aromatic carbocycles. The Balaban J connectivity index is 2.12. The molecule has 3 heteroatoms. The number of nitrogens with two attached hydrogens (primary N) is 1. The fourth-order valence-electron chi connectivity index (χ4n) is 2.88. The maximum atomic E-state index is 10.6. The molecule has 0 heterocycles. The van der Waals surface area contributed by atoms with Crippen LogP contribution in [-0.2, 0) is 4.79 Å². The SMILES string of the molecule is CC1CC(C)(C)CC1NCCCCC(N)=O. The van der Waals surface area contributed by atoms with Gasteiger partial charge in [0.15, 0.2) is 0 Å². The first kappa shape index (κ1) is 13.5. The van der Waals surface area contributed by atoms with Crippen LogP contribution in [0.15, 0.2) is 0 Å². The Labute approximate surface area is 99.2 Å². The highest BCUT2D eigenvalue weighted by Gasteiger charge is 2.35. The zero-order chi connectivity index (χ0) is 12.2. The van der Waals surface area contributed by atoms with Gasteiger partial charge in [-0.25, -0.2) is 0 Å². The molecule has 2 atom stereocenters. The van der Waals surface area contributed by atoms with E-state index < -0.39 is 0 Å². The second kappa shape index (κ2) is 5.67. The second-order valence-corrected chi connectivity index (χ2v) is 6.03. The highest BCUT2D eigenvalue weighted by Crippen LogP contribution is 2.40. The molecule has 16 heavy (non-hydrogen) atoms. The highest BCUT2D eigenvalue weighted by atomic mass is 16.1. The van der Waals surface area contributed by atoms with Crippen molar-refractivity contribution in [3.05, 3.63) is 0 Å². The van der Waals surface area contributed by atoms with Crippen LogP contribution in [0.25, 0.3) is 0 Å². The predicted molar refractivity (Wildman–Crippen MR) is 67.0 cm³/mol. The molecule has 3 N–H and O–H groups in total. The van der Waals surface area contributed by atoms with Gasteiger partial charge in [0.1, 0.15) is 0 Å². The van der Waals surface area contributed by atoms with Crippen molar-refractivity contribution in [2.45, 2.75) is 58.9 Å². The first-order chi connectivity index (χ1) is 7.41. The van der Waals surface area contributed by atoms with Gasteiger partial charge in [-0.15, -0.1) is 0 Å². The van der Waals surface area contributed by atoms with Crippen molar-refractivity contribution in [2.24, 2.45) is 17.1 Å². The average Bonchev–Trinajstić information content (AvgIpc) is 2.38. The predicted octanol–water partition coefficient (Wildman–Crippen LogP) is 2.06. The molecule has 3 nitrogen and oxygen atoms in total. The summed E-state index contributed by atoms with van der Waals surface area (Å²) in [6.45, 7) is 8.03. The van der Waals surface area contributed by atoms with Crippen molar-refractivity contribution in [3.8, 4) is 0 Å². The number of carbonyl (C=O) groups is 1. The zero-order valence-electron chi connectivity index (χ0n) is 10.9. The molecule has 1 rings (SSSR count). The molecule has 0 bridgehead atoms. The van der Waals surface area contributed by atoms with Gasteiger partial charge in [0, 0.05) is 12.5 Å². The van der Waals surface area contributed by atoms with Crippen LogP contribution in [0.5, 0.6) is 0 Å². The van der Waals surface area contributed by atoms with Gasteiger partial charge in [0.2, 0.25) is 5.91 Å². The van der Waals surface area contributed by atoms with Crippen molar-refractivity contribution < 1.29 is 4.79 Å². The Morgan fingerprint density at radius 3 is 2.56 bits per heavy atom. The van der Waals surface area contributed by atoms with E-state index in [0.29, 0.717) is 17.9 Å². The van der Waals surface area contributed by atoms with Crippen LogP contribution in [0.2, 0.25) is 0 Å². The minimum absolute atomic E-state index is 0.185. The zero-order valence-corrected chi connectivity index (χ0v) is 10.9. The molecule has 1 saturated carbocycles. The van der Waals surface area contributed by atoms with E-state index in [0.717, 1.165) is 25.3 Å². The van der Waals surface area contributed by atoms with Crippen LogP contribution in [0, 0.1) is 11.3 Å². The van der Waals surface area contributed by atoms with E-state index in [4.69, 9.17) is 5.73 Å². The standard InChI is InChI=1S/C13H26N2O/c1-10-8-13(2,3)9-11(10)15-7-5-4-6-12(14)16/h10-11,15H,4-9H2,1-3H3,(H2,14,16). The lowest BCUT2D eigenvalue weighted by Gasteiger charge is -2.18. The first-order valence-electron chi connectivity index (χ1n) is 6.42. The summed E-state index contributed by atoms with van der Waals surface area (Å²) in [5.41, 5.74) is 5.59. The Morgan fingerprint density at radius 1 is 1.38 bits per heavy atom. The van der Waals surface area contributed by atoms with Crippen LogP contribution in [0.4, 0.5) is 0 Å². The van der Waals surface area contributed by atoms with Gasteiger partial charge >= 0.3 is 0 Å². The van der Waals surface area contributed by atoms with Crippen molar-refractivity contribution in [1.29, 1.82) is 0 Å². The van der Waals surface area contributed by atoms with Crippen molar-refractivity contribution in [3.63, 3.8) is 0 Å². The highest BCUT2D eigenvalue weighted by molar-refractivity contribution is 5.73. The second-order valence-electron chi connectivity index (χ2n) is 6.03. The number of hydrogen-bond acceptors (Lipinski definition) is 2. The molecule has 1 aliphatic rings. The third-order valence-electron chi connectivity index (χ3n) is 3.59. The monoisotopic (exact) mass is 226 g/mol. The number of amides is 1. The summed E-state index contributed by atoms with van der Waals surface area (Å²) in [7, 11) is 0. The van der Waals surface area contributed by atoms with Crippen LogP contribution < -0.4 is 11.1 Å². The Morgan fingerprint density at radius 2 is 2.06 bits per heavy atom. The summed E-state index contributed by atoms with van der Waals surface area (Å²) in [6.07, 6.45) is 5.06. The fourth-order valence-corrected chi connectivity index (χ4v) is 2.88. The summed E-state index contributed by atoms with van der Waals surface area (Å²) >= 11 is 0. The Hall–Kier alpha value is -0.570. The molecule has 0 saturated heterocycles. The number of carbonyl (C=O) groups excluding carboxylic acids is 1. The third-order valence-corrected chi connectivity index (χ3v) is 3.59. The normalized spacial score (nSPS) is 28.2. The quantitative estimate of drug-likeness (QED) is 0.681. The van der Waals surface area contributed by atoms with Gasteiger partial charge < -0.3 is 11.1 Å². The lowest BCUT2D eigenvalue weighted by atomic mass is 9.91. The smallest absolute Gasteiger partial charge is 0.217 e. The van der Waals surface area contributed by atoms with E-state index in [2.05, 4.69) is 26.1 Å². The third kappa shape index (κ3) is 4.52. The van der Waals surface area contributed by atoms with Gasteiger partial charge in [0.25, 0.3) is 0 Å². The lowest BCUT2D eigenvalue weighted by molar-refractivity contribution is -0.118. The van der Waals surface area contributed by atoms with Gasteiger partial charge in [-0.1, -0.05) is 20.8 Å². The van der Waals surface area contributed by atoms with E-state index in [-0.39, 0.29) is 5.91 Å². The number of rotatable bonds is 6. The van der Waals surface area contributed by atoms with Crippen molar-refractivity contribution in [1.82, 2.24) is 5.32 Å². The van der Waals surface area contributed by atoms with E-state index in [1.54, 1.807) is 0 Å². The van der Waals surface area contributed by atoms with Crippen LogP contribution in [0.1, 0.15) is 52.9 Å². The van der Waals surface area contributed by atoms with Gasteiger partial charge in [0.05, 0.1) is 0 Å². The summed E-state index contributed by atoms with van der Waals surface area (Å²) in [5, 5.41) is 3.61. The minimum atomic E-state index is -0.185. The lowest BCUT2D eigenvalue weighted by Crippen LogP contribution is -2.32. The number of unbranched alkanes of at least 4 members (excludes halogenated alkanes) is 1. The largest absolute Gasteiger partial charge is 0.370 e. The molecular formula is C13H26N2O. The minimum Gasteiger partial charge on any atom is -0.370 e. The van der Waals surface area contributed by atoms with Crippen LogP contribution in [0.3, 0.4) is 0 Å². The first-order valence-corrected chi connectivity index (χ1v) is 6.42. The molecule has 0 aliphatic heterocycles. The number of hydrogen-bond donors (Lipinski definition) is 2. The van der Waals surface area contributed by atoms with Gasteiger partial charge in [-0.05, 0) is 43.6 Å². The van der Waals surface area contributed by atoms with Gasteiger partial charge in [-0.2, -0.15) is 0 Å². The van der Waals surface area contributed by atoms with E-state index in [9.17, 15) is 4.79 Å². The Bertz CT molecular complexity index is 238. The van der Waals surface area contributed by atoms with E-state index in [1.165, 1.54) is 12.8 Å². The summed E-state index contributed by atoms with van der Waals surface area (Å²) in [6, 6.07) is 0.656.